The number of nitrogens with zero attached hydrogens (tertiary/aromatic N) is 2. The van der Waals surface area contributed by atoms with Gasteiger partial charge in [0.05, 0.1) is 6.61 Å². The highest BCUT2D eigenvalue weighted by atomic mass is 32.2. The van der Waals surface area contributed by atoms with Crippen LogP contribution in [0.5, 0.6) is 0 Å². The zero-order valence-electron chi connectivity index (χ0n) is 11.2. The van der Waals surface area contributed by atoms with E-state index < -0.39 is 10.0 Å². The van der Waals surface area contributed by atoms with E-state index in [9.17, 15) is 8.42 Å². The Hall–Kier alpha value is -1.22. The molecule has 1 fully saturated rings. The molecule has 0 atom stereocenters. The van der Waals surface area contributed by atoms with Crippen molar-refractivity contribution in [2.75, 3.05) is 18.6 Å². The van der Waals surface area contributed by atoms with Crippen LogP contribution in [-0.2, 0) is 10.0 Å². The van der Waals surface area contributed by atoms with Crippen LogP contribution in [0, 0.1) is 0 Å². The number of sulfonamides is 1. The Morgan fingerprint density at radius 1 is 1.40 bits per heavy atom. The quantitative estimate of drug-likeness (QED) is 0.515. The second-order valence-electron chi connectivity index (χ2n) is 4.80. The molecule has 0 spiro atoms. The lowest BCUT2D eigenvalue weighted by atomic mass is 10.2. The third kappa shape index (κ3) is 3.09. The molecule has 2 rings (SSSR count). The summed E-state index contributed by atoms with van der Waals surface area (Å²) in [5.74, 6) is 5.61. The first-order valence-electron chi connectivity index (χ1n) is 6.65. The first-order chi connectivity index (χ1) is 9.59. The maximum absolute atomic E-state index is 12.6. The lowest BCUT2D eigenvalue weighted by Crippen LogP contribution is -2.40. The number of aromatic nitrogens is 1. The molecular formula is C12H20N4O3S. The number of pyridine rings is 1. The summed E-state index contributed by atoms with van der Waals surface area (Å²) in [5, 5.41) is 9.14. The fraction of sp³-hybridized carbons (Fsp3) is 0.583. The third-order valence-electron chi connectivity index (χ3n) is 3.54. The van der Waals surface area contributed by atoms with Gasteiger partial charge >= 0.3 is 0 Å². The average molecular weight is 300 g/mol. The number of anilines is 1. The summed E-state index contributed by atoms with van der Waals surface area (Å²) in [4.78, 5) is 4.05. The second-order valence-corrected chi connectivity index (χ2v) is 6.69. The number of nitrogens with one attached hydrogen (secondary N) is 1. The van der Waals surface area contributed by atoms with Gasteiger partial charge in [-0.2, -0.15) is 4.31 Å². The van der Waals surface area contributed by atoms with Crippen molar-refractivity contribution in [3.63, 3.8) is 0 Å². The number of rotatable bonds is 6. The van der Waals surface area contributed by atoms with Crippen molar-refractivity contribution in [1.29, 1.82) is 0 Å². The summed E-state index contributed by atoms with van der Waals surface area (Å²) in [5.41, 5.74) is 2.36. The summed E-state index contributed by atoms with van der Waals surface area (Å²) >= 11 is 0. The van der Waals surface area contributed by atoms with Crippen LogP contribution in [0.25, 0.3) is 0 Å². The molecule has 1 aliphatic rings. The van der Waals surface area contributed by atoms with E-state index >= 15 is 0 Å². The molecule has 1 heterocycles. The molecule has 0 aromatic carbocycles. The Morgan fingerprint density at radius 2 is 2.10 bits per heavy atom. The van der Waals surface area contributed by atoms with Gasteiger partial charge in [-0.05, 0) is 25.0 Å². The first kappa shape index (κ1) is 15.2. The van der Waals surface area contributed by atoms with Crippen LogP contribution in [0.15, 0.2) is 23.2 Å². The van der Waals surface area contributed by atoms with Gasteiger partial charge in [-0.3, -0.25) is 0 Å². The summed E-state index contributed by atoms with van der Waals surface area (Å²) in [6.45, 7) is -0.0739. The molecule has 1 aromatic heterocycles. The highest BCUT2D eigenvalue weighted by Crippen LogP contribution is 2.28. The van der Waals surface area contributed by atoms with E-state index in [1.54, 1.807) is 0 Å². The molecule has 8 heteroatoms. The van der Waals surface area contributed by atoms with E-state index in [4.69, 9.17) is 10.9 Å². The summed E-state index contributed by atoms with van der Waals surface area (Å²) in [7, 11) is -3.63. The van der Waals surface area contributed by atoms with Crippen molar-refractivity contribution in [2.24, 2.45) is 5.84 Å². The van der Waals surface area contributed by atoms with Crippen LogP contribution in [0.1, 0.15) is 25.7 Å². The maximum Gasteiger partial charge on any atom is 0.244 e. The minimum absolute atomic E-state index is 0.0283. The van der Waals surface area contributed by atoms with Gasteiger partial charge in [-0.15, -0.1) is 0 Å². The minimum atomic E-state index is -3.63. The largest absolute Gasteiger partial charge is 0.395 e. The summed E-state index contributed by atoms with van der Waals surface area (Å²) < 4.78 is 26.7. The number of nitrogens with two attached hydrogens (primary N) is 1. The Kier molecular flexibility index (Phi) is 4.92. The van der Waals surface area contributed by atoms with E-state index in [2.05, 4.69) is 10.4 Å². The highest BCUT2D eigenvalue weighted by molar-refractivity contribution is 7.89. The molecule has 1 aromatic rings. The topological polar surface area (TPSA) is 109 Å². The van der Waals surface area contributed by atoms with Gasteiger partial charge in [-0.1, -0.05) is 12.8 Å². The second kappa shape index (κ2) is 6.49. The number of aliphatic hydroxyl groups excluding tert-OH is 1. The van der Waals surface area contributed by atoms with Gasteiger partial charge in [0.1, 0.15) is 10.7 Å². The predicted octanol–water partition coefficient (Wildman–Crippen LogP) is 0.293. The Labute approximate surface area is 118 Å². The number of aliphatic hydroxyl groups is 1. The van der Waals surface area contributed by atoms with Crippen LogP contribution in [-0.4, -0.2) is 42.0 Å². The standard InChI is InChI=1S/C12H20N4O3S/c13-15-12-6-5-11(9-14-12)20(18,19)16(7-8-17)10-3-1-2-4-10/h5-6,9-10,17H,1-4,7-8,13H2,(H,14,15). The molecule has 0 bridgehead atoms. The maximum atomic E-state index is 12.6. The van der Waals surface area contributed by atoms with Gasteiger partial charge in [-0.25, -0.2) is 19.2 Å². The molecule has 7 nitrogen and oxygen atoms in total. The molecular weight excluding hydrogens is 280 g/mol. The Bertz CT molecular complexity index is 526. The summed E-state index contributed by atoms with van der Waals surface area (Å²) in [6.07, 6.45) is 5.01. The zero-order valence-corrected chi connectivity index (χ0v) is 12.0. The molecule has 0 amide bonds. The monoisotopic (exact) mass is 300 g/mol. The van der Waals surface area contributed by atoms with Crippen LogP contribution in [0.2, 0.25) is 0 Å². The van der Waals surface area contributed by atoms with Crippen LogP contribution < -0.4 is 11.3 Å². The van der Waals surface area contributed by atoms with Crippen molar-refractivity contribution < 1.29 is 13.5 Å². The van der Waals surface area contributed by atoms with Crippen molar-refractivity contribution in [3.8, 4) is 0 Å². The normalized spacial score (nSPS) is 16.8. The van der Waals surface area contributed by atoms with E-state index in [1.165, 1.54) is 22.6 Å². The Morgan fingerprint density at radius 3 is 2.60 bits per heavy atom. The van der Waals surface area contributed by atoms with Gasteiger partial charge in [0.25, 0.3) is 0 Å². The van der Waals surface area contributed by atoms with E-state index in [0.717, 1.165) is 25.7 Å². The third-order valence-corrected chi connectivity index (χ3v) is 5.48. The van der Waals surface area contributed by atoms with E-state index in [1.807, 2.05) is 0 Å². The molecule has 1 saturated carbocycles. The van der Waals surface area contributed by atoms with Gasteiger partial charge in [0.15, 0.2) is 0 Å². The van der Waals surface area contributed by atoms with Crippen molar-refractivity contribution >= 4 is 15.8 Å². The zero-order chi connectivity index (χ0) is 14.6. The molecule has 112 valence electrons. The van der Waals surface area contributed by atoms with Crippen molar-refractivity contribution in [1.82, 2.24) is 9.29 Å². The van der Waals surface area contributed by atoms with Crippen LogP contribution >= 0.6 is 0 Å². The van der Waals surface area contributed by atoms with Crippen molar-refractivity contribution in [2.45, 2.75) is 36.6 Å². The number of hydrogen-bond donors (Lipinski definition) is 3. The molecule has 0 saturated heterocycles. The molecule has 0 aliphatic heterocycles. The molecule has 4 N–H and O–H groups in total. The average Bonchev–Trinajstić information content (AvgIpc) is 2.98. The predicted molar refractivity (Wildman–Crippen MR) is 75.3 cm³/mol. The van der Waals surface area contributed by atoms with E-state index in [-0.39, 0.29) is 24.1 Å². The smallest absolute Gasteiger partial charge is 0.244 e. The van der Waals surface area contributed by atoms with Gasteiger partial charge < -0.3 is 10.5 Å². The number of hydrazine groups is 1. The molecule has 0 radical (unpaired) electrons. The Balaban J connectivity index is 2.28. The first-order valence-corrected chi connectivity index (χ1v) is 8.09. The fourth-order valence-corrected chi connectivity index (χ4v) is 4.17. The van der Waals surface area contributed by atoms with E-state index in [0.29, 0.717) is 5.82 Å². The lowest BCUT2D eigenvalue weighted by Gasteiger charge is -2.27. The summed E-state index contributed by atoms with van der Waals surface area (Å²) in [6, 6.07) is 2.95. The molecule has 20 heavy (non-hydrogen) atoms. The van der Waals surface area contributed by atoms with Crippen LogP contribution in [0.4, 0.5) is 5.82 Å². The van der Waals surface area contributed by atoms with Crippen LogP contribution in [0.3, 0.4) is 0 Å². The van der Waals surface area contributed by atoms with Gasteiger partial charge in [0, 0.05) is 18.8 Å². The number of nitrogen functional groups attached to an aromatic ring is 1. The van der Waals surface area contributed by atoms with Gasteiger partial charge in [0.2, 0.25) is 10.0 Å². The minimum Gasteiger partial charge on any atom is -0.395 e. The lowest BCUT2D eigenvalue weighted by molar-refractivity contribution is 0.226. The SMILES string of the molecule is NNc1ccc(S(=O)(=O)N(CCO)C2CCCC2)cn1. The fourth-order valence-electron chi connectivity index (χ4n) is 2.54. The molecule has 0 unspecified atom stereocenters. The molecule has 1 aliphatic carbocycles. The van der Waals surface area contributed by atoms with Crippen molar-refractivity contribution in [3.05, 3.63) is 18.3 Å². The highest BCUT2D eigenvalue weighted by Gasteiger charge is 2.32. The number of hydrogen-bond acceptors (Lipinski definition) is 6.